The highest BCUT2D eigenvalue weighted by Crippen LogP contribution is 2.49. The fourth-order valence-corrected chi connectivity index (χ4v) is 10.6. The molecule has 2 heteroatoms. The number of para-hydroxylation sites is 2. The molecule has 1 aliphatic carbocycles. The Morgan fingerprint density at radius 1 is 0.381 bits per heavy atom. The smallest absolute Gasteiger partial charge is 0.0620 e. The fourth-order valence-electron chi connectivity index (χ4n) is 10.6. The molecule has 3 heterocycles. The average Bonchev–Trinajstić information content (AvgIpc) is 3.82. The maximum absolute atomic E-state index is 2.52. The summed E-state index contributed by atoms with van der Waals surface area (Å²) in [6.45, 7) is 2.31. The summed E-state index contributed by atoms with van der Waals surface area (Å²) in [5.41, 5.74) is 22.1. The molecule has 1 atom stereocenters. The van der Waals surface area contributed by atoms with Gasteiger partial charge in [0.05, 0.1) is 27.8 Å². The minimum absolute atomic E-state index is 0.506. The predicted molar refractivity (Wildman–Crippen MR) is 267 cm³/mol. The summed E-state index contributed by atoms with van der Waals surface area (Å²) in [7, 11) is 0. The molecule has 2 nitrogen and oxygen atoms in total. The minimum atomic E-state index is 0.506. The molecule has 0 saturated heterocycles. The van der Waals surface area contributed by atoms with Crippen LogP contribution in [0.2, 0.25) is 0 Å². The number of allylic oxidation sites excluding steroid dienone is 4. The van der Waals surface area contributed by atoms with Gasteiger partial charge in [-0.15, -0.1) is 0 Å². The first-order valence-electron chi connectivity index (χ1n) is 22.1. The topological polar surface area (TPSA) is 9.86 Å². The molecule has 0 fully saturated rings. The summed E-state index contributed by atoms with van der Waals surface area (Å²) in [4.78, 5) is 0. The third-order valence-corrected chi connectivity index (χ3v) is 13.5. The van der Waals surface area contributed by atoms with Crippen molar-refractivity contribution in [3.63, 3.8) is 0 Å². The Morgan fingerprint density at radius 3 is 1.70 bits per heavy atom. The Balaban J connectivity index is 1.03. The normalized spacial score (nSPS) is 14.2. The lowest BCUT2D eigenvalue weighted by Gasteiger charge is -2.17. The second-order valence-electron chi connectivity index (χ2n) is 17.4. The monoisotopic (exact) mass is 802 g/mol. The summed E-state index contributed by atoms with van der Waals surface area (Å²) in [5.74, 6) is 0.506. The third-order valence-electron chi connectivity index (χ3n) is 13.5. The Labute approximate surface area is 367 Å². The van der Waals surface area contributed by atoms with Gasteiger partial charge in [0, 0.05) is 38.4 Å². The second-order valence-corrected chi connectivity index (χ2v) is 17.4. The highest BCUT2D eigenvalue weighted by molar-refractivity contribution is 6.18. The maximum Gasteiger partial charge on any atom is 0.0620 e. The van der Waals surface area contributed by atoms with E-state index in [1.54, 1.807) is 0 Å². The van der Waals surface area contributed by atoms with Crippen molar-refractivity contribution in [3.8, 4) is 67.0 Å². The van der Waals surface area contributed by atoms with Crippen LogP contribution in [0, 0.1) is 5.92 Å². The molecule has 0 bridgehead atoms. The lowest BCUT2D eigenvalue weighted by atomic mass is 9.90. The van der Waals surface area contributed by atoms with E-state index in [0.717, 1.165) is 6.42 Å². The van der Waals surface area contributed by atoms with Crippen LogP contribution in [-0.2, 0) is 0 Å². The van der Waals surface area contributed by atoms with Crippen LogP contribution < -0.4 is 0 Å². The van der Waals surface area contributed by atoms with Crippen LogP contribution in [0.5, 0.6) is 0 Å². The van der Waals surface area contributed by atoms with Gasteiger partial charge in [0.1, 0.15) is 0 Å². The summed E-state index contributed by atoms with van der Waals surface area (Å²) in [6, 6.07) is 74.5. The van der Waals surface area contributed by atoms with Crippen molar-refractivity contribution in [1.82, 2.24) is 9.13 Å². The van der Waals surface area contributed by atoms with E-state index in [4.69, 9.17) is 0 Å². The standard InChI is InChI=1S/C61H42N2/c1-39-15-14-20-42(31-39)46-32-45(41-18-6-3-7-19-41)33-48(34-46)62-57-25-12-10-23-51(57)54-36-44(28-29-59(54)62)47-37-55-50-22-9-8-21-49(50)53-35-43(40-16-4-2-5-17-40)27-30-60(53)63-58-26-13-11-24-52(58)56(38-47)61(55)63/h2-14,16-39H,15H2,1H3. The van der Waals surface area contributed by atoms with Crippen LogP contribution >= 0.6 is 0 Å². The number of hydrogen-bond donors (Lipinski definition) is 0. The zero-order valence-corrected chi connectivity index (χ0v) is 35.0. The molecule has 0 saturated carbocycles. The second kappa shape index (κ2) is 14.1. The molecule has 0 spiro atoms. The summed E-state index contributed by atoms with van der Waals surface area (Å²) in [5, 5.41) is 5.02. The van der Waals surface area contributed by atoms with E-state index in [0.29, 0.717) is 5.92 Å². The van der Waals surface area contributed by atoms with E-state index in [9.17, 15) is 0 Å². The van der Waals surface area contributed by atoms with Gasteiger partial charge in [0.15, 0.2) is 0 Å². The predicted octanol–water partition coefficient (Wildman–Crippen LogP) is 16.5. The van der Waals surface area contributed by atoms with E-state index >= 15 is 0 Å². The van der Waals surface area contributed by atoms with Gasteiger partial charge in [-0.05, 0) is 135 Å². The Morgan fingerprint density at radius 2 is 0.937 bits per heavy atom. The van der Waals surface area contributed by atoms with Gasteiger partial charge in [0.25, 0.3) is 0 Å². The maximum atomic E-state index is 2.52. The van der Waals surface area contributed by atoms with Crippen LogP contribution in [0.15, 0.2) is 218 Å². The van der Waals surface area contributed by atoms with Crippen molar-refractivity contribution in [2.45, 2.75) is 13.3 Å². The molecule has 0 radical (unpaired) electrons. The van der Waals surface area contributed by atoms with Gasteiger partial charge >= 0.3 is 0 Å². The van der Waals surface area contributed by atoms with Gasteiger partial charge in [-0.2, -0.15) is 0 Å². The molecule has 9 aromatic carbocycles. The zero-order chi connectivity index (χ0) is 41.6. The van der Waals surface area contributed by atoms with Crippen molar-refractivity contribution in [2.24, 2.45) is 5.92 Å². The van der Waals surface area contributed by atoms with Crippen LogP contribution in [-0.4, -0.2) is 9.13 Å². The number of rotatable bonds is 5. The molecule has 296 valence electrons. The Kier molecular flexibility index (Phi) is 7.98. The van der Waals surface area contributed by atoms with Crippen LogP contribution in [0.1, 0.15) is 18.9 Å². The van der Waals surface area contributed by atoms with Gasteiger partial charge in [-0.25, -0.2) is 0 Å². The number of benzene rings is 9. The van der Waals surface area contributed by atoms with Crippen LogP contribution in [0.3, 0.4) is 0 Å². The Bertz CT molecular complexity index is 3710. The number of hydrogen-bond acceptors (Lipinski definition) is 0. The molecule has 1 unspecified atom stereocenters. The molecule has 2 aliphatic rings. The number of aromatic nitrogens is 2. The molecule has 2 aromatic heterocycles. The van der Waals surface area contributed by atoms with E-state index in [-0.39, 0.29) is 0 Å². The quantitative estimate of drug-likeness (QED) is 0.164. The van der Waals surface area contributed by atoms with Crippen molar-refractivity contribution in [2.75, 3.05) is 0 Å². The number of nitrogens with zero attached hydrogens (tertiary/aromatic N) is 2. The average molecular weight is 803 g/mol. The molecule has 0 amide bonds. The molecule has 63 heavy (non-hydrogen) atoms. The van der Waals surface area contributed by atoms with E-state index in [1.807, 2.05) is 0 Å². The van der Waals surface area contributed by atoms with Crippen molar-refractivity contribution < 1.29 is 0 Å². The fraction of sp³-hybridized carbons (Fsp3) is 0.0492. The van der Waals surface area contributed by atoms with Crippen LogP contribution in [0.25, 0.3) is 116 Å². The lowest BCUT2D eigenvalue weighted by Crippen LogP contribution is -1.99. The van der Waals surface area contributed by atoms with Gasteiger partial charge < -0.3 is 9.13 Å². The molecule has 13 rings (SSSR count). The first-order valence-corrected chi connectivity index (χ1v) is 22.1. The van der Waals surface area contributed by atoms with Crippen LogP contribution in [0.4, 0.5) is 0 Å². The SMILES string of the molecule is CC1C=C(c2cc(-c3ccccc3)cc(-n3c4ccccc4c4cc(-c5cc6c7c(c5)c5ccccc5n7-c5ccc(-c7ccccc7)cc5-c5ccccc5-6)ccc43)c2)C=CC1. The third kappa shape index (κ3) is 5.65. The Hall–Kier alpha value is -7.94. The summed E-state index contributed by atoms with van der Waals surface area (Å²) in [6.07, 6.45) is 8.13. The highest BCUT2D eigenvalue weighted by Gasteiger charge is 2.26. The van der Waals surface area contributed by atoms with E-state index in [1.165, 1.54) is 122 Å². The zero-order valence-electron chi connectivity index (χ0n) is 35.0. The minimum Gasteiger partial charge on any atom is -0.309 e. The van der Waals surface area contributed by atoms with Gasteiger partial charge in [-0.1, -0.05) is 159 Å². The highest BCUT2D eigenvalue weighted by atomic mass is 15.0. The van der Waals surface area contributed by atoms with Crippen molar-refractivity contribution in [1.29, 1.82) is 0 Å². The first-order chi connectivity index (χ1) is 31.1. The molecule has 1 aliphatic heterocycles. The van der Waals surface area contributed by atoms with E-state index in [2.05, 4.69) is 234 Å². The van der Waals surface area contributed by atoms with Crippen molar-refractivity contribution >= 4 is 49.2 Å². The van der Waals surface area contributed by atoms with Gasteiger partial charge in [0.2, 0.25) is 0 Å². The number of fused-ring (bicyclic) bond motifs is 11. The lowest BCUT2D eigenvalue weighted by molar-refractivity contribution is 0.740. The van der Waals surface area contributed by atoms with Crippen molar-refractivity contribution in [3.05, 3.63) is 224 Å². The van der Waals surface area contributed by atoms with E-state index < -0.39 is 0 Å². The van der Waals surface area contributed by atoms with Gasteiger partial charge in [-0.3, -0.25) is 0 Å². The summed E-state index contributed by atoms with van der Waals surface area (Å²) >= 11 is 0. The molecular weight excluding hydrogens is 761 g/mol. The molecule has 0 N–H and O–H groups in total. The summed E-state index contributed by atoms with van der Waals surface area (Å²) < 4.78 is 4.99. The molecule has 11 aromatic rings. The molecular formula is C61H42N2. The largest absolute Gasteiger partial charge is 0.309 e. The first kappa shape index (κ1) is 35.8.